The van der Waals surface area contributed by atoms with Crippen LogP contribution in [0.2, 0.25) is 0 Å². The lowest BCUT2D eigenvalue weighted by Crippen LogP contribution is -2.33. The van der Waals surface area contributed by atoms with E-state index in [1.54, 1.807) is 12.0 Å². The van der Waals surface area contributed by atoms with Crippen LogP contribution in [0, 0.1) is 0 Å². The molecule has 1 aromatic heterocycles. The number of aromatic nitrogens is 3. The molecule has 1 atom stereocenters. The molecular weight excluding hydrogens is 240 g/mol. The summed E-state index contributed by atoms with van der Waals surface area (Å²) in [6.07, 6.45) is 2.14. The van der Waals surface area contributed by atoms with E-state index in [2.05, 4.69) is 10.3 Å². The van der Waals surface area contributed by atoms with Crippen molar-refractivity contribution in [3.8, 4) is 0 Å². The second kappa shape index (κ2) is 5.13. The average molecular weight is 254 g/mol. The molecule has 98 valence electrons. The van der Waals surface area contributed by atoms with E-state index in [0.717, 1.165) is 6.42 Å². The van der Waals surface area contributed by atoms with Crippen molar-refractivity contribution < 1.29 is 19.4 Å². The van der Waals surface area contributed by atoms with Gasteiger partial charge in [-0.05, 0) is 6.42 Å². The van der Waals surface area contributed by atoms with Gasteiger partial charge in [0.2, 0.25) is 5.91 Å². The summed E-state index contributed by atoms with van der Waals surface area (Å²) in [6.45, 7) is 1.21. The molecular formula is C10H14N4O4. The van der Waals surface area contributed by atoms with Crippen LogP contribution in [0.3, 0.4) is 0 Å². The number of aromatic carboxylic acids is 1. The monoisotopic (exact) mass is 254 g/mol. The number of methoxy groups -OCH3 is 1. The van der Waals surface area contributed by atoms with Crippen LogP contribution in [-0.4, -0.2) is 63.2 Å². The summed E-state index contributed by atoms with van der Waals surface area (Å²) in [6, 6.07) is 0. The van der Waals surface area contributed by atoms with Gasteiger partial charge < -0.3 is 14.7 Å². The molecule has 1 fully saturated rings. The minimum atomic E-state index is -1.16. The highest BCUT2D eigenvalue weighted by molar-refractivity contribution is 5.84. The van der Waals surface area contributed by atoms with E-state index < -0.39 is 5.97 Å². The molecule has 1 aromatic rings. The Balaban J connectivity index is 1.93. The van der Waals surface area contributed by atoms with Crippen LogP contribution in [0.1, 0.15) is 16.9 Å². The number of amides is 1. The van der Waals surface area contributed by atoms with Gasteiger partial charge in [0.05, 0.1) is 12.3 Å². The summed E-state index contributed by atoms with van der Waals surface area (Å²) in [5.41, 5.74) is -0.168. The molecule has 8 nitrogen and oxygen atoms in total. The number of carboxylic acids is 1. The van der Waals surface area contributed by atoms with Crippen LogP contribution < -0.4 is 0 Å². The molecule has 0 radical (unpaired) electrons. The number of carbonyl (C=O) groups is 2. The number of carboxylic acid groups (broad SMARTS) is 1. The Morgan fingerprint density at radius 1 is 1.61 bits per heavy atom. The lowest BCUT2D eigenvalue weighted by Gasteiger charge is -2.15. The first-order chi connectivity index (χ1) is 8.60. The molecule has 1 amide bonds. The summed E-state index contributed by atoms with van der Waals surface area (Å²) in [7, 11) is 1.62. The number of likely N-dealkylation sites (tertiary alicyclic amines) is 1. The second-order valence-corrected chi connectivity index (χ2v) is 4.09. The third-order valence-electron chi connectivity index (χ3n) is 2.89. The van der Waals surface area contributed by atoms with Gasteiger partial charge in [-0.15, -0.1) is 5.10 Å². The fourth-order valence-corrected chi connectivity index (χ4v) is 1.86. The Bertz CT molecular complexity index is 458. The molecule has 1 aliphatic heterocycles. The van der Waals surface area contributed by atoms with Crippen LogP contribution in [0.5, 0.6) is 0 Å². The molecule has 2 rings (SSSR count). The van der Waals surface area contributed by atoms with E-state index in [-0.39, 0.29) is 24.2 Å². The predicted octanol–water partition coefficient (Wildman–Crippen LogP) is -0.776. The molecule has 0 aliphatic carbocycles. The van der Waals surface area contributed by atoms with Gasteiger partial charge in [0.15, 0.2) is 5.69 Å². The minimum Gasteiger partial charge on any atom is -0.476 e. The number of hydrogen-bond acceptors (Lipinski definition) is 5. The van der Waals surface area contributed by atoms with E-state index in [1.165, 1.54) is 10.9 Å². The fourth-order valence-electron chi connectivity index (χ4n) is 1.86. The van der Waals surface area contributed by atoms with Crippen LogP contribution in [0.15, 0.2) is 6.20 Å². The first-order valence-corrected chi connectivity index (χ1v) is 5.54. The number of rotatable bonds is 4. The van der Waals surface area contributed by atoms with E-state index in [9.17, 15) is 9.59 Å². The number of nitrogens with zero attached hydrogens (tertiary/aromatic N) is 4. The molecule has 8 heteroatoms. The van der Waals surface area contributed by atoms with E-state index in [1.807, 2.05) is 0 Å². The van der Waals surface area contributed by atoms with Crippen molar-refractivity contribution in [2.75, 3.05) is 20.2 Å². The first kappa shape index (κ1) is 12.5. The summed E-state index contributed by atoms with van der Waals surface area (Å²) < 4.78 is 6.40. The SMILES string of the molecule is COC1CCN(C(=O)Cn2cc(C(=O)O)nn2)C1. The molecule has 0 spiro atoms. The van der Waals surface area contributed by atoms with Crippen molar-refractivity contribution in [2.45, 2.75) is 19.1 Å². The molecule has 1 aliphatic rings. The maximum atomic E-state index is 11.9. The average Bonchev–Trinajstić information content (AvgIpc) is 2.96. The topological polar surface area (TPSA) is 97.5 Å². The third kappa shape index (κ3) is 2.65. The normalized spacial score (nSPS) is 19.2. The van der Waals surface area contributed by atoms with Crippen LogP contribution >= 0.6 is 0 Å². The third-order valence-corrected chi connectivity index (χ3v) is 2.89. The van der Waals surface area contributed by atoms with E-state index in [4.69, 9.17) is 9.84 Å². The molecule has 18 heavy (non-hydrogen) atoms. The van der Waals surface area contributed by atoms with Gasteiger partial charge in [-0.1, -0.05) is 5.21 Å². The fraction of sp³-hybridized carbons (Fsp3) is 0.600. The standard InChI is InChI=1S/C10H14N4O4/c1-18-7-2-3-13(4-7)9(15)6-14-5-8(10(16)17)11-12-14/h5,7H,2-4,6H2,1H3,(H,16,17). The minimum absolute atomic E-state index is 0.00326. The highest BCUT2D eigenvalue weighted by Crippen LogP contribution is 2.12. The number of carbonyl (C=O) groups excluding carboxylic acids is 1. The maximum absolute atomic E-state index is 11.9. The maximum Gasteiger partial charge on any atom is 0.358 e. The molecule has 0 aromatic carbocycles. The Hall–Kier alpha value is -1.96. The van der Waals surface area contributed by atoms with Crippen molar-refractivity contribution >= 4 is 11.9 Å². The summed E-state index contributed by atoms with van der Waals surface area (Å²) in [5, 5.41) is 15.7. The van der Waals surface area contributed by atoms with E-state index in [0.29, 0.717) is 13.1 Å². The predicted molar refractivity (Wildman–Crippen MR) is 59.0 cm³/mol. The second-order valence-electron chi connectivity index (χ2n) is 4.09. The Morgan fingerprint density at radius 2 is 2.39 bits per heavy atom. The molecule has 1 saturated heterocycles. The first-order valence-electron chi connectivity index (χ1n) is 5.54. The van der Waals surface area contributed by atoms with Crippen molar-refractivity contribution in [1.82, 2.24) is 19.9 Å². The van der Waals surface area contributed by atoms with Gasteiger partial charge in [0, 0.05) is 20.2 Å². The highest BCUT2D eigenvalue weighted by Gasteiger charge is 2.26. The van der Waals surface area contributed by atoms with Gasteiger partial charge >= 0.3 is 5.97 Å². The molecule has 1 N–H and O–H groups in total. The Labute approximate surface area is 103 Å². The molecule has 1 unspecified atom stereocenters. The molecule has 0 saturated carbocycles. The van der Waals surface area contributed by atoms with Crippen LogP contribution in [-0.2, 0) is 16.1 Å². The highest BCUT2D eigenvalue weighted by atomic mass is 16.5. The number of ether oxygens (including phenoxy) is 1. The smallest absolute Gasteiger partial charge is 0.358 e. The van der Waals surface area contributed by atoms with Gasteiger partial charge in [-0.3, -0.25) is 4.79 Å². The van der Waals surface area contributed by atoms with Crippen LogP contribution in [0.25, 0.3) is 0 Å². The van der Waals surface area contributed by atoms with Gasteiger partial charge in [0.1, 0.15) is 6.54 Å². The molecule has 0 bridgehead atoms. The van der Waals surface area contributed by atoms with Gasteiger partial charge in [0.25, 0.3) is 0 Å². The number of hydrogen-bond donors (Lipinski definition) is 1. The van der Waals surface area contributed by atoms with Crippen molar-refractivity contribution in [2.24, 2.45) is 0 Å². The molecule has 2 heterocycles. The Morgan fingerprint density at radius 3 is 2.94 bits per heavy atom. The van der Waals surface area contributed by atoms with Crippen molar-refractivity contribution in [3.63, 3.8) is 0 Å². The van der Waals surface area contributed by atoms with Gasteiger partial charge in [-0.25, -0.2) is 9.48 Å². The van der Waals surface area contributed by atoms with Gasteiger partial charge in [-0.2, -0.15) is 0 Å². The summed E-state index contributed by atoms with van der Waals surface area (Å²) in [4.78, 5) is 24.2. The zero-order valence-corrected chi connectivity index (χ0v) is 9.94. The lowest BCUT2D eigenvalue weighted by molar-refractivity contribution is -0.131. The zero-order chi connectivity index (χ0) is 13.1. The largest absolute Gasteiger partial charge is 0.476 e. The quantitative estimate of drug-likeness (QED) is 0.757. The lowest BCUT2D eigenvalue weighted by atomic mass is 10.3. The summed E-state index contributed by atoms with van der Waals surface area (Å²) >= 11 is 0. The zero-order valence-electron chi connectivity index (χ0n) is 9.94. The van der Waals surface area contributed by atoms with Crippen LogP contribution in [0.4, 0.5) is 0 Å². The van der Waals surface area contributed by atoms with Crippen molar-refractivity contribution in [3.05, 3.63) is 11.9 Å². The van der Waals surface area contributed by atoms with Crippen molar-refractivity contribution in [1.29, 1.82) is 0 Å². The van der Waals surface area contributed by atoms with E-state index >= 15 is 0 Å². The summed E-state index contributed by atoms with van der Waals surface area (Å²) in [5.74, 6) is -1.27. The Kier molecular flexibility index (Phi) is 3.56.